The Balaban J connectivity index is 1.89. The van der Waals surface area contributed by atoms with Gasteiger partial charge in [0.05, 0.1) is 0 Å². The first-order valence-corrected chi connectivity index (χ1v) is 7.46. The van der Waals surface area contributed by atoms with Crippen molar-refractivity contribution in [3.05, 3.63) is 65.5 Å². The maximum Gasteiger partial charge on any atom is 0.193 e. The van der Waals surface area contributed by atoms with Crippen LogP contribution < -0.4 is 11.1 Å². The molecule has 2 rings (SSSR count). The molecular formula is C18H22FN3. The van der Waals surface area contributed by atoms with Crippen molar-refractivity contribution < 1.29 is 4.39 Å². The number of nitrogens with zero attached hydrogens (tertiary/aromatic N) is 1. The van der Waals surface area contributed by atoms with Crippen LogP contribution in [0, 0.1) is 5.82 Å². The maximum absolute atomic E-state index is 12.8. The van der Waals surface area contributed by atoms with Crippen LogP contribution in [0.15, 0.2) is 53.5 Å². The van der Waals surface area contributed by atoms with Crippen LogP contribution in [0.25, 0.3) is 0 Å². The molecular weight excluding hydrogens is 277 g/mol. The van der Waals surface area contributed by atoms with Crippen molar-refractivity contribution in [3.63, 3.8) is 0 Å². The molecule has 0 saturated heterocycles. The topological polar surface area (TPSA) is 50.4 Å². The summed E-state index contributed by atoms with van der Waals surface area (Å²) >= 11 is 0. The van der Waals surface area contributed by atoms with Gasteiger partial charge in [0.1, 0.15) is 5.82 Å². The average Bonchev–Trinajstić information content (AvgIpc) is 2.49. The van der Waals surface area contributed by atoms with Crippen LogP contribution in [-0.4, -0.2) is 12.5 Å². The van der Waals surface area contributed by atoms with Crippen LogP contribution in [0.3, 0.4) is 0 Å². The fraction of sp³-hybridized carbons (Fsp3) is 0.278. The van der Waals surface area contributed by atoms with Crippen molar-refractivity contribution in [3.8, 4) is 0 Å². The maximum atomic E-state index is 12.8. The Morgan fingerprint density at radius 3 is 2.59 bits per heavy atom. The van der Waals surface area contributed by atoms with Gasteiger partial charge in [-0.15, -0.1) is 0 Å². The van der Waals surface area contributed by atoms with Crippen molar-refractivity contribution >= 4 is 11.6 Å². The molecule has 0 heterocycles. The minimum absolute atomic E-state index is 0.224. The fourth-order valence-corrected chi connectivity index (χ4v) is 2.12. The molecule has 116 valence electrons. The Labute approximate surface area is 131 Å². The molecule has 0 saturated carbocycles. The molecule has 0 amide bonds. The molecule has 0 aliphatic heterocycles. The molecule has 0 aliphatic carbocycles. The van der Waals surface area contributed by atoms with E-state index in [9.17, 15) is 4.39 Å². The van der Waals surface area contributed by atoms with E-state index in [2.05, 4.69) is 36.3 Å². The van der Waals surface area contributed by atoms with Crippen LogP contribution in [0.5, 0.6) is 0 Å². The second-order valence-electron chi connectivity index (χ2n) is 5.55. The second-order valence-corrected chi connectivity index (χ2v) is 5.55. The van der Waals surface area contributed by atoms with Gasteiger partial charge >= 0.3 is 0 Å². The van der Waals surface area contributed by atoms with Crippen LogP contribution >= 0.6 is 0 Å². The van der Waals surface area contributed by atoms with E-state index in [1.165, 1.54) is 17.7 Å². The SMILES string of the molecule is CC(C)c1cccc(NC(N)=NCCc2ccc(F)cc2)c1. The lowest BCUT2D eigenvalue weighted by atomic mass is 10.0. The monoisotopic (exact) mass is 299 g/mol. The molecule has 0 aromatic heterocycles. The highest BCUT2D eigenvalue weighted by atomic mass is 19.1. The van der Waals surface area contributed by atoms with Gasteiger partial charge in [0.25, 0.3) is 0 Å². The van der Waals surface area contributed by atoms with Gasteiger partial charge in [-0.05, 0) is 47.7 Å². The van der Waals surface area contributed by atoms with E-state index >= 15 is 0 Å². The highest BCUT2D eigenvalue weighted by molar-refractivity contribution is 5.92. The predicted octanol–water partition coefficient (Wildman–Crippen LogP) is 3.92. The lowest BCUT2D eigenvalue weighted by molar-refractivity contribution is 0.627. The zero-order valence-electron chi connectivity index (χ0n) is 13.0. The lowest BCUT2D eigenvalue weighted by Crippen LogP contribution is -2.23. The lowest BCUT2D eigenvalue weighted by Gasteiger charge is -2.10. The number of rotatable bonds is 5. The van der Waals surface area contributed by atoms with E-state index in [1.54, 1.807) is 12.1 Å². The summed E-state index contributed by atoms with van der Waals surface area (Å²) in [6.45, 7) is 4.87. The molecule has 0 atom stereocenters. The molecule has 22 heavy (non-hydrogen) atoms. The number of hydrogen-bond acceptors (Lipinski definition) is 1. The van der Waals surface area contributed by atoms with Crippen LogP contribution in [0.2, 0.25) is 0 Å². The normalized spacial score (nSPS) is 11.7. The highest BCUT2D eigenvalue weighted by Crippen LogP contribution is 2.18. The van der Waals surface area contributed by atoms with E-state index in [1.807, 2.05) is 12.1 Å². The summed E-state index contributed by atoms with van der Waals surface area (Å²) in [5, 5.41) is 3.10. The van der Waals surface area contributed by atoms with Crippen molar-refractivity contribution in [2.24, 2.45) is 10.7 Å². The Bertz CT molecular complexity index is 633. The van der Waals surface area contributed by atoms with E-state index in [-0.39, 0.29) is 5.82 Å². The summed E-state index contributed by atoms with van der Waals surface area (Å²) in [6, 6.07) is 14.6. The molecule has 0 radical (unpaired) electrons. The quantitative estimate of drug-likeness (QED) is 0.649. The molecule has 4 heteroatoms. The average molecular weight is 299 g/mol. The first-order valence-electron chi connectivity index (χ1n) is 7.46. The highest BCUT2D eigenvalue weighted by Gasteiger charge is 2.01. The van der Waals surface area contributed by atoms with Crippen LogP contribution in [0.4, 0.5) is 10.1 Å². The Hall–Kier alpha value is -2.36. The number of benzene rings is 2. The van der Waals surface area contributed by atoms with Crippen LogP contribution in [-0.2, 0) is 6.42 Å². The summed E-state index contributed by atoms with van der Waals surface area (Å²) in [5.41, 5.74) is 9.13. The van der Waals surface area contributed by atoms with Gasteiger partial charge in [0, 0.05) is 12.2 Å². The second kappa shape index (κ2) is 7.59. The van der Waals surface area contributed by atoms with Crippen molar-refractivity contribution in [1.29, 1.82) is 0 Å². The van der Waals surface area contributed by atoms with Gasteiger partial charge in [-0.1, -0.05) is 38.1 Å². The number of aliphatic imine (C=N–C) groups is 1. The zero-order chi connectivity index (χ0) is 15.9. The first kappa shape index (κ1) is 16.0. The van der Waals surface area contributed by atoms with Gasteiger partial charge in [-0.2, -0.15) is 0 Å². The summed E-state index contributed by atoms with van der Waals surface area (Å²) in [4.78, 5) is 4.30. The number of halogens is 1. The Kier molecular flexibility index (Phi) is 5.53. The largest absolute Gasteiger partial charge is 0.370 e. The van der Waals surface area contributed by atoms with E-state index < -0.39 is 0 Å². The number of anilines is 1. The van der Waals surface area contributed by atoms with Gasteiger partial charge in [0.2, 0.25) is 0 Å². The molecule has 0 unspecified atom stereocenters. The van der Waals surface area contributed by atoms with Gasteiger partial charge in [-0.25, -0.2) is 4.39 Å². The third-order valence-electron chi connectivity index (χ3n) is 3.42. The molecule has 2 aromatic carbocycles. The predicted molar refractivity (Wildman–Crippen MR) is 90.7 cm³/mol. The number of nitrogens with one attached hydrogen (secondary N) is 1. The molecule has 3 nitrogen and oxygen atoms in total. The summed E-state index contributed by atoms with van der Waals surface area (Å²) in [7, 11) is 0. The standard InChI is InChI=1S/C18H22FN3/c1-13(2)15-4-3-5-17(12-15)22-18(20)21-11-10-14-6-8-16(19)9-7-14/h3-9,12-13H,10-11H2,1-2H3,(H3,20,21,22). The summed E-state index contributed by atoms with van der Waals surface area (Å²) < 4.78 is 12.8. The van der Waals surface area contributed by atoms with E-state index in [0.29, 0.717) is 18.4 Å². The third kappa shape index (κ3) is 4.88. The molecule has 0 bridgehead atoms. The van der Waals surface area contributed by atoms with Gasteiger partial charge < -0.3 is 11.1 Å². The number of guanidine groups is 1. The minimum Gasteiger partial charge on any atom is -0.370 e. The van der Waals surface area contributed by atoms with Crippen molar-refractivity contribution in [2.75, 3.05) is 11.9 Å². The summed E-state index contributed by atoms with van der Waals surface area (Å²) in [6.07, 6.45) is 0.731. The molecule has 3 N–H and O–H groups in total. The molecule has 0 spiro atoms. The zero-order valence-corrected chi connectivity index (χ0v) is 13.0. The Morgan fingerprint density at radius 2 is 1.91 bits per heavy atom. The number of nitrogens with two attached hydrogens (primary N) is 1. The molecule has 2 aromatic rings. The Morgan fingerprint density at radius 1 is 1.18 bits per heavy atom. The fourth-order valence-electron chi connectivity index (χ4n) is 2.12. The third-order valence-corrected chi connectivity index (χ3v) is 3.42. The minimum atomic E-state index is -0.224. The number of hydrogen-bond donors (Lipinski definition) is 2. The summed E-state index contributed by atoms with van der Waals surface area (Å²) in [5.74, 6) is 0.639. The van der Waals surface area contributed by atoms with Gasteiger partial charge in [-0.3, -0.25) is 4.99 Å². The molecule has 0 fully saturated rings. The molecule has 0 aliphatic rings. The first-order chi connectivity index (χ1) is 10.5. The smallest absolute Gasteiger partial charge is 0.193 e. The van der Waals surface area contributed by atoms with Crippen molar-refractivity contribution in [1.82, 2.24) is 0 Å². The van der Waals surface area contributed by atoms with E-state index in [0.717, 1.165) is 17.7 Å². The van der Waals surface area contributed by atoms with Crippen molar-refractivity contribution in [2.45, 2.75) is 26.2 Å². The van der Waals surface area contributed by atoms with E-state index in [4.69, 9.17) is 5.73 Å². The van der Waals surface area contributed by atoms with Crippen LogP contribution in [0.1, 0.15) is 30.9 Å². The van der Waals surface area contributed by atoms with Gasteiger partial charge in [0.15, 0.2) is 5.96 Å².